The Morgan fingerprint density at radius 1 is 1.08 bits per heavy atom. The lowest BCUT2D eigenvalue weighted by Gasteiger charge is -2.29. The molecule has 1 N–H and O–H groups in total. The molecule has 186 valence electrons. The Bertz CT molecular complexity index is 1480. The van der Waals surface area contributed by atoms with Crippen LogP contribution in [-0.2, 0) is 9.53 Å². The fourth-order valence-corrected chi connectivity index (χ4v) is 4.00. The summed E-state index contributed by atoms with van der Waals surface area (Å²) in [5.74, 6) is 8.91. The Morgan fingerprint density at radius 2 is 1.95 bits per heavy atom. The van der Waals surface area contributed by atoms with Crippen LogP contribution in [0.1, 0.15) is 12.5 Å². The van der Waals surface area contributed by atoms with Gasteiger partial charge in [0.05, 0.1) is 25.8 Å². The van der Waals surface area contributed by atoms with E-state index in [1.165, 1.54) is 6.33 Å². The van der Waals surface area contributed by atoms with Crippen LogP contribution in [0.3, 0.4) is 0 Å². The summed E-state index contributed by atoms with van der Waals surface area (Å²) >= 11 is 0. The third kappa shape index (κ3) is 5.80. The molecule has 8 nitrogen and oxygen atoms in total. The van der Waals surface area contributed by atoms with E-state index >= 15 is 0 Å². The molecule has 1 aliphatic rings. The molecule has 8 heteroatoms. The Labute approximate surface area is 215 Å². The molecular formula is C29H26N4O4. The van der Waals surface area contributed by atoms with Gasteiger partial charge in [0.25, 0.3) is 0 Å². The highest BCUT2D eigenvalue weighted by molar-refractivity contribution is 5.91. The number of nitrogens with zero attached hydrogens (tertiary/aromatic N) is 3. The van der Waals surface area contributed by atoms with Gasteiger partial charge >= 0.3 is 0 Å². The van der Waals surface area contributed by atoms with Crippen LogP contribution >= 0.6 is 0 Å². The zero-order valence-electron chi connectivity index (χ0n) is 20.6. The van der Waals surface area contributed by atoms with Crippen molar-refractivity contribution in [3.63, 3.8) is 0 Å². The standard InChI is InChI=1S/C29H26N4O4/c1-20(34)33-14-15-36-24(18-33)11-8-21-9-12-26-25(16-21)29(31-19-30-26)32-22-10-13-27(28(17-22)35-2)37-23-6-4-3-5-7-23/h3-7,9-10,12-13,16-17,19,24H,14-15,18H2,1-2H3,(H,30,31,32). The summed E-state index contributed by atoms with van der Waals surface area (Å²) in [6, 6.07) is 20.9. The van der Waals surface area contributed by atoms with Gasteiger partial charge in [0.15, 0.2) is 11.5 Å². The van der Waals surface area contributed by atoms with Gasteiger partial charge in [0.1, 0.15) is 24.0 Å². The van der Waals surface area contributed by atoms with Crippen LogP contribution in [0.5, 0.6) is 17.2 Å². The number of amides is 1. The van der Waals surface area contributed by atoms with Crippen molar-refractivity contribution in [2.45, 2.75) is 13.0 Å². The average molecular weight is 495 g/mol. The van der Waals surface area contributed by atoms with Gasteiger partial charge in [-0.15, -0.1) is 0 Å². The molecule has 1 saturated heterocycles. The number of para-hydroxylation sites is 1. The minimum Gasteiger partial charge on any atom is -0.493 e. The van der Waals surface area contributed by atoms with Crippen LogP contribution in [0.15, 0.2) is 73.1 Å². The quantitative estimate of drug-likeness (QED) is 0.400. The van der Waals surface area contributed by atoms with E-state index < -0.39 is 0 Å². The highest BCUT2D eigenvalue weighted by Gasteiger charge is 2.20. The summed E-state index contributed by atoms with van der Waals surface area (Å²) in [7, 11) is 1.60. The van der Waals surface area contributed by atoms with Gasteiger partial charge in [-0.3, -0.25) is 4.79 Å². The molecule has 1 amide bonds. The number of rotatable bonds is 5. The maximum Gasteiger partial charge on any atom is 0.219 e. The molecule has 0 saturated carbocycles. The number of fused-ring (bicyclic) bond motifs is 1. The molecule has 2 heterocycles. The second kappa shape index (κ2) is 11.0. The molecule has 1 unspecified atom stereocenters. The number of morpholine rings is 1. The van der Waals surface area contributed by atoms with E-state index in [0.29, 0.717) is 37.0 Å². The van der Waals surface area contributed by atoms with Crippen molar-refractivity contribution in [1.29, 1.82) is 0 Å². The first kappa shape index (κ1) is 24.1. The number of methoxy groups -OCH3 is 1. The van der Waals surface area contributed by atoms with Gasteiger partial charge in [-0.25, -0.2) is 9.97 Å². The topological polar surface area (TPSA) is 85.8 Å². The predicted octanol–water partition coefficient (Wildman–Crippen LogP) is 4.77. The van der Waals surface area contributed by atoms with Crippen molar-refractivity contribution < 1.29 is 19.0 Å². The first-order chi connectivity index (χ1) is 18.1. The smallest absolute Gasteiger partial charge is 0.219 e. The van der Waals surface area contributed by atoms with Crippen LogP contribution in [-0.4, -0.2) is 53.7 Å². The molecule has 0 bridgehead atoms. The molecule has 0 spiro atoms. The van der Waals surface area contributed by atoms with Gasteiger partial charge in [-0.1, -0.05) is 30.0 Å². The number of ether oxygens (including phenoxy) is 3. The summed E-state index contributed by atoms with van der Waals surface area (Å²) in [5.41, 5.74) is 2.38. The van der Waals surface area contributed by atoms with Gasteiger partial charge < -0.3 is 24.4 Å². The van der Waals surface area contributed by atoms with Crippen molar-refractivity contribution in [2.75, 3.05) is 32.1 Å². The highest BCUT2D eigenvalue weighted by atomic mass is 16.5. The minimum absolute atomic E-state index is 0.0324. The predicted molar refractivity (Wildman–Crippen MR) is 141 cm³/mol. The van der Waals surface area contributed by atoms with Gasteiger partial charge in [-0.05, 0) is 42.5 Å². The van der Waals surface area contributed by atoms with Gasteiger partial charge in [-0.2, -0.15) is 0 Å². The van der Waals surface area contributed by atoms with E-state index in [4.69, 9.17) is 14.2 Å². The van der Waals surface area contributed by atoms with Crippen LogP contribution in [0.25, 0.3) is 10.9 Å². The molecule has 1 aliphatic heterocycles. The summed E-state index contributed by atoms with van der Waals surface area (Å²) in [6.45, 7) is 3.11. The van der Waals surface area contributed by atoms with E-state index in [9.17, 15) is 4.79 Å². The lowest BCUT2D eigenvalue weighted by atomic mass is 10.1. The molecular weight excluding hydrogens is 468 g/mol. The maximum absolute atomic E-state index is 11.7. The number of aromatic nitrogens is 2. The minimum atomic E-state index is -0.318. The number of hydrogen-bond donors (Lipinski definition) is 1. The Kier molecular flexibility index (Phi) is 7.15. The Hall–Kier alpha value is -4.61. The fraction of sp³-hybridized carbons (Fsp3) is 0.207. The molecule has 5 rings (SSSR count). The van der Waals surface area contributed by atoms with Crippen LogP contribution in [0, 0.1) is 11.8 Å². The monoisotopic (exact) mass is 494 g/mol. The summed E-state index contributed by atoms with van der Waals surface area (Å²) in [5, 5.41) is 4.19. The van der Waals surface area contributed by atoms with Crippen LogP contribution in [0.2, 0.25) is 0 Å². The molecule has 1 atom stereocenters. The van der Waals surface area contributed by atoms with Crippen molar-refractivity contribution in [1.82, 2.24) is 14.9 Å². The Balaban J connectivity index is 1.37. The zero-order valence-corrected chi connectivity index (χ0v) is 20.6. The largest absolute Gasteiger partial charge is 0.493 e. The second-order valence-corrected chi connectivity index (χ2v) is 8.45. The molecule has 0 radical (unpaired) electrons. The number of anilines is 2. The first-order valence-corrected chi connectivity index (χ1v) is 11.9. The van der Waals surface area contributed by atoms with Crippen molar-refractivity contribution in [3.8, 4) is 29.1 Å². The van der Waals surface area contributed by atoms with Crippen LogP contribution < -0.4 is 14.8 Å². The summed E-state index contributed by atoms with van der Waals surface area (Å²) in [4.78, 5) is 22.3. The number of nitrogens with one attached hydrogen (secondary N) is 1. The molecule has 3 aromatic carbocycles. The van der Waals surface area contributed by atoms with Crippen LogP contribution in [0.4, 0.5) is 11.5 Å². The number of carbonyl (C=O) groups is 1. The molecule has 37 heavy (non-hydrogen) atoms. The third-order valence-electron chi connectivity index (χ3n) is 5.92. The van der Waals surface area contributed by atoms with E-state index in [0.717, 1.165) is 27.9 Å². The third-order valence-corrected chi connectivity index (χ3v) is 5.92. The zero-order chi connectivity index (χ0) is 25.6. The first-order valence-electron chi connectivity index (χ1n) is 11.9. The van der Waals surface area contributed by atoms with E-state index in [-0.39, 0.29) is 12.0 Å². The van der Waals surface area contributed by atoms with E-state index in [2.05, 4.69) is 27.1 Å². The molecule has 1 aromatic heterocycles. The number of carbonyl (C=O) groups excluding carboxylic acids is 1. The second-order valence-electron chi connectivity index (χ2n) is 8.45. The molecule has 0 aliphatic carbocycles. The molecule has 1 fully saturated rings. The van der Waals surface area contributed by atoms with Gasteiger partial charge in [0, 0.05) is 36.2 Å². The van der Waals surface area contributed by atoms with E-state index in [1.54, 1.807) is 18.9 Å². The summed E-state index contributed by atoms with van der Waals surface area (Å²) in [6.07, 6.45) is 1.20. The SMILES string of the molecule is COc1cc(Nc2ncnc3ccc(C#CC4CN(C(C)=O)CCO4)cc23)ccc1Oc1ccccc1. The van der Waals surface area contributed by atoms with Gasteiger partial charge in [0.2, 0.25) is 5.91 Å². The average Bonchev–Trinajstić information content (AvgIpc) is 2.93. The Morgan fingerprint density at radius 3 is 2.76 bits per heavy atom. The normalized spacial score (nSPS) is 15.0. The maximum atomic E-state index is 11.7. The lowest BCUT2D eigenvalue weighted by Crippen LogP contribution is -2.44. The number of benzene rings is 3. The highest BCUT2D eigenvalue weighted by Crippen LogP contribution is 2.35. The fourth-order valence-electron chi connectivity index (χ4n) is 4.00. The lowest BCUT2D eigenvalue weighted by molar-refractivity contribution is -0.134. The van der Waals surface area contributed by atoms with E-state index in [1.807, 2.05) is 66.7 Å². The molecule has 4 aromatic rings. The van der Waals surface area contributed by atoms with Crippen molar-refractivity contribution >= 4 is 28.3 Å². The van der Waals surface area contributed by atoms with Crippen molar-refractivity contribution in [2.24, 2.45) is 0 Å². The number of hydrogen-bond acceptors (Lipinski definition) is 7. The van der Waals surface area contributed by atoms with Crippen molar-refractivity contribution in [3.05, 3.63) is 78.6 Å². The summed E-state index contributed by atoms with van der Waals surface area (Å²) < 4.78 is 17.2.